The highest BCUT2D eigenvalue weighted by molar-refractivity contribution is 6.09. The number of carbonyl (C=O) groups is 2. The van der Waals surface area contributed by atoms with Gasteiger partial charge in [0.25, 0.3) is 5.91 Å². The highest BCUT2D eigenvalue weighted by Crippen LogP contribution is 2.37. The van der Waals surface area contributed by atoms with Crippen molar-refractivity contribution in [2.24, 2.45) is 5.92 Å². The Morgan fingerprint density at radius 1 is 1.05 bits per heavy atom. The smallest absolute Gasteiger partial charge is 0.255 e. The third-order valence-corrected chi connectivity index (χ3v) is 7.43. The second-order valence-electron chi connectivity index (χ2n) is 10.4. The van der Waals surface area contributed by atoms with E-state index in [2.05, 4.69) is 25.6 Å². The molecule has 2 amide bonds. The molecule has 0 atom stereocenters. The molecule has 1 aromatic carbocycles. The van der Waals surface area contributed by atoms with Gasteiger partial charge in [0, 0.05) is 35.8 Å². The predicted molar refractivity (Wildman–Crippen MR) is 139 cm³/mol. The number of H-pyrrole nitrogens is 1. The Hall–Kier alpha value is -3.49. The van der Waals surface area contributed by atoms with Gasteiger partial charge in [-0.15, -0.1) is 0 Å². The van der Waals surface area contributed by atoms with E-state index in [9.17, 15) is 14.0 Å². The number of halogens is 1. The zero-order valence-electron chi connectivity index (χ0n) is 21.6. The van der Waals surface area contributed by atoms with Crippen LogP contribution in [-0.4, -0.2) is 45.5 Å². The summed E-state index contributed by atoms with van der Waals surface area (Å²) in [6.45, 7) is 5.95. The Kier molecular flexibility index (Phi) is 7.13. The summed E-state index contributed by atoms with van der Waals surface area (Å²) in [6, 6.07) is 3.37. The molecule has 0 spiro atoms. The standard InChI is InChI=1S/C28H34FN5O3/c1-4-23(35)33-18-7-9-19(10-8-18)34-28(36)24-16(3)32-27-25(30-14-31-26(24)27)20-11-15(2)21(29)12-22(20)37-13-17-5-6-17/h11-12,14,17-19,32H,4-10,13H2,1-3H3,(H,33,35)(H,34,36)/t18-,19-. The van der Waals surface area contributed by atoms with Gasteiger partial charge >= 0.3 is 0 Å². The molecular weight excluding hydrogens is 473 g/mol. The summed E-state index contributed by atoms with van der Waals surface area (Å²) in [5, 5.41) is 6.21. The molecule has 3 N–H and O–H groups in total. The number of nitrogens with one attached hydrogen (secondary N) is 3. The molecule has 3 aromatic rings. The van der Waals surface area contributed by atoms with Gasteiger partial charge in [-0.05, 0) is 69.9 Å². The van der Waals surface area contributed by atoms with E-state index < -0.39 is 0 Å². The highest BCUT2D eigenvalue weighted by atomic mass is 19.1. The summed E-state index contributed by atoms with van der Waals surface area (Å²) in [6.07, 6.45) is 7.46. The Bertz CT molecular complexity index is 1330. The lowest BCUT2D eigenvalue weighted by Crippen LogP contribution is -2.43. The van der Waals surface area contributed by atoms with E-state index in [-0.39, 0.29) is 29.7 Å². The fourth-order valence-corrected chi connectivity index (χ4v) is 5.03. The fraction of sp³-hybridized carbons (Fsp3) is 0.500. The van der Waals surface area contributed by atoms with Crippen LogP contribution in [0.2, 0.25) is 0 Å². The summed E-state index contributed by atoms with van der Waals surface area (Å²) in [5.74, 6) is 0.514. The van der Waals surface area contributed by atoms with Crippen LogP contribution in [0.25, 0.3) is 22.3 Å². The number of benzene rings is 1. The van der Waals surface area contributed by atoms with E-state index >= 15 is 0 Å². The number of ether oxygens (including phenoxy) is 1. The van der Waals surface area contributed by atoms with Gasteiger partial charge < -0.3 is 20.4 Å². The minimum Gasteiger partial charge on any atom is -0.492 e. The normalized spacial score (nSPS) is 19.6. The van der Waals surface area contributed by atoms with Gasteiger partial charge in [0.05, 0.1) is 17.7 Å². The second-order valence-corrected chi connectivity index (χ2v) is 10.4. The molecule has 5 rings (SSSR count). The zero-order chi connectivity index (χ0) is 26.1. The molecule has 2 aliphatic rings. The van der Waals surface area contributed by atoms with Crippen molar-refractivity contribution in [2.75, 3.05) is 6.61 Å². The van der Waals surface area contributed by atoms with Crippen molar-refractivity contribution in [1.82, 2.24) is 25.6 Å². The molecular formula is C28H34FN5O3. The Morgan fingerprint density at radius 2 is 1.76 bits per heavy atom. The number of aromatic nitrogens is 3. The molecule has 0 aliphatic heterocycles. The van der Waals surface area contributed by atoms with Crippen molar-refractivity contribution >= 4 is 22.8 Å². The first kappa shape index (κ1) is 25.2. The molecule has 2 aliphatic carbocycles. The van der Waals surface area contributed by atoms with E-state index in [1.807, 2.05) is 13.8 Å². The van der Waals surface area contributed by atoms with Gasteiger partial charge in [-0.1, -0.05) is 6.92 Å². The van der Waals surface area contributed by atoms with Crippen LogP contribution < -0.4 is 15.4 Å². The Balaban J connectivity index is 1.39. The number of rotatable bonds is 8. The molecule has 37 heavy (non-hydrogen) atoms. The summed E-state index contributed by atoms with van der Waals surface area (Å²) in [7, 11) is 0. The molecule has 9 heteroatoms. The van der Waals surface area contributed by atoms with E-state index in [1.165, 1.54) is 12.4 Å². The Labute approximate surface area is 215 Å². The van der Waals surface area contributed by atoms with Gasteiger partial charge in [0.1, 0.15) is 29.1 Å². The first-order valence-electron chi connectivity index (χ1n) is 13.2. The van der Waals surface area contributed by atoms with E-state index in [0.717, 1.165) is 38.5 Å². The SMILES string of the molecule is CCC(=O)N[C@H]1CC[C@H](NC(=O)c2c(C)[nH]c3c(-c4cc(C)c(F)cc4OCC4CC4)ncnc23)CC1. The predicted octanol–water partition coefficient (Wildman–Crippen LogP) is 4.74. The van der Waals surface area contributed by atoms with E-state index in [4.69, 9.17) is 4.74 Å². The molecule has 2 saturated carbocycles. The van der Waals surface area contributed by atoms with E-state index in [1.54, 1.807) is 13.0 Å². The highest BCUT2D eigenvalue weighted by Gasteiger charge is 2.28. The number of nitrogens with zero attached hydrogens (tertiary/aromatic N) is 2. The van der Waals surface area contributed by atoms with Crippen LogP contribution in [0.3, 0.4) is 0 Å². The molecule has 2 heterocycles. The second kappa shape index (κ2) is 10.5. The third kappa shape index (κ3) is 5.45. The molecule has 2 aromatic heterocycles. The lowest BCUT2D eigenvalue weighted by Gasteiger charge is -2.29. The quantitative estimate of drug-likeness (QED) is 0.408. The fourth-order valence-electron chi connectivity index (χ4n) is 5.03. The lowest BCUT2D eigenvalue weighted by atomic mass is 9.91. The number of amides is 2. The maximum atomic E-state index is 14.4. The van der Waals surface area contributed by atoms with Gasteiger partial charge in [-0.2, -0.15) is 0 Å². The monoisotopic (exact) mass is 507 g/mol. The summed E-state index contributed by atoms with van der Waals surface area (Å²) >= 11 is 0. The molecule has 196 valence electrons. The number of aryl methyl sites for hydroxylation is 2. The van der Waals surface area contributed by atoms with E-state index in [0.29, 0.717) is 63.8 Å². The molecule has 0 unspecified atom stereocenters. The number of hydrogen-bond donors (Lipinski definition) is 3. The van der Waals surface area contributed by atoms with Gasteiger partial charge in [-0.25, -0.2) is 14.4 Å². The average molecular weight is 508 g/mol. The molecule has 0 radical (unpaired) electrons. The van der Waals surface area contributed by atoms with Crippen LogP contribution in [0.15, 0.2) is 18.5 Å². The van der Waals surface area contributed by atoms with Crippen LogP contribution >= 0.6 is 0 Å². The van der Waals surface area contributed by atoms with Crippen molar-refractivity contribution in [1.29, 1.82) is 0 Å². The zero-order valence-corrected chi connectivity index (χ0v) is 21.6. The van der Waals surface area contributed by atoms with Crippen LogP contribution in [0, 0.1) is 25.6 Å². The topological polar surface area (TPSA) is 109 Å². The maximum absolute atomic E-state index is 14.4. The molecule has 2 fully saturated rings. The van der Waals surface area contributed by atoms with Crippen molar-refractivity contribution in [3.63, 3.8) is 0 Å². The van der Waals surface area contributed by atoms with Gasteiger partial charge in [-0.3, -0.25) is 9.59 Å². The lowest BCUT2D eigenvalue weighted by molar-refractivity contribution is -0.121. The number of hydrogen-bond acceptors (Lipinski definition) is 5. The van der Waals surface area contributed by atoms with Gasteiger partial charge in [0.15, 0.2) is 0 Å². The van der Waals surface area contributed by atoms with Crippen LogP contribution in [0.5, 0.6) is 5.75 Å². The van der Waals surface area contributed by atoms with Gasteiger partial charge in [0.2, 0.25) is 5.91 Å². The molecule has 0 bridgehead atoms. The summed E-state index contributed by atoms with van der Waals surface area (Å²) in [4.78, 5) is 37.3. The first-order chi connectivity index (χ1) is 17.8. The van der Waals surface area contributed by atoms with Crippen molar-refractivity contribution < 1.29 is 18.7 Å². The third-order valence-electron chi connectivity index (χ3n) is 7.43. The Morgan fingerprint density at radius 3 is 2.43 bits per heavy atom. The van der Waals surface area contributed by atoms with Crippen LogP contribution in [-0.2, 0) is 4.79 Å². The van der Waals surface area contributed by atoms with Crippen molar-refractivity contribution in [2.45, 2.75) is 77.8 Å². The van der Waals surface area contributed by atoms with Crippen molar-refractivity contribution in [3.05, 3.63) is 41.1 Å². The van der Waals surface area contributed by atoms with Crippen molar-refractivity contribution in [3.8, 4) is 17.0 Å². The number of aromatic amines is 1. The average Bonchev–Trinajstić information content (AvgIpc) is 3.65. The van der Waals surface area contributed by atoms with Crippen LogP contribution in [0.1, 0.15) is 73.5 Å². The minimum absolute atomic E-state index is 0.0371. The first-order valence-corrected chi connectivity index (χ1v) is 13.2. The number of fused-ring (bicyclic) bond motifs is 1. The largest absolute Gasteiger partial charge is 0.492 e. The minimum atomic E-state index is -0.327. The maximum Gasteiger partial charge on any atom is 0.255 e. The van der Waals surface area contributed by atoms with Crippen LogP contribution in [0.4, 0.5) is 4.39 Å². The molecule has 8 nitrogen and oxygen atoms in total. The molecule has 0 saturated heterocycles. The summed E-state index contributed by atoms with van der Waals surface area (Å²) < 4.78 is 20.4. The summed E-state index contributed by atoms with van der Waals surface area (Å²) in [5.41, 5.74) is 4.07. The number of carbonyl (C=O) groups excluding carboxylic acids is 2.